The fraction of sp³-hybridized carbons (Fsp3) is 0.158. The van der Waals surface area contributed by atoms with Crippen LogP contribution < -0.4 is 5.32 Å². The van der Waals surface area contributed by atoms with Crippen LogP contribution in [0.2, 0.25) is 5.02 Å². The zero-order valence-corrected chi connectivity index (χ0v) is 16.0. The fourth-order valence-electron chi connectivity index (χ4n) is 2.33. The Morgan fingerprint density at radius 3 is 2.84 bits per heavy atom. The van der Waals surface area contributed by atoms with Crippen molar-refractivity contribution in [3.8, 4) is 0 Å². The van der Waals surface area contributed by atoms with Crippen LogP contribution in [-0.4, -0.2) is 10.9 Å². The summed E-state index contributed by atoms with van der Waals surface area (Å²) in [4.78, 5) is 18.0. The van der Waals surface area contributed by atoms with Crippen LogP contribution in [0.4, 0.5) is 0 Å². The zero-order chi connectivity index (χ0) is 17.6. The van der Waals surface area contributed by atoms with E-state index in [9.17, 15) is 4.79 Å². The van der Waals surface area contributed by atoms with Gasteiger partial charge in [-0.15, -0.1) is 23.1 Å². The molecule has 128 valence electrons. The molecule has 0 bridgehead atoms. The minimum atomic E-state index is -0.0856. The van der Waals surface area contributed by atoms with Gasteiger partial charge in [0.1, 0.15) is 0 Å². The van der Waals surface area contributed by atoms with E-state index in [1.165, 1.54) is 0 Å². The second-order valence-corrected chi connectivity index (χ2v) is 7.97. The lowest BCUT2D eigenvalue weighted by molar-refractivity contribution is 0.0948. The molecule has 0 aliphatic carbocycles. The number of rotatable bonds is 6. The zero-order valence-electron chi connectivity index (χ0n) is 13.7. The van der Waals surface area contributed by atoms with E-state index in [0.29, 0.717) is 17.1 Å². The number of hydrogen-bond acceptors (Lipinski definition) is 4. The third kappa shape index (κ3) is 5.08. The summed E-state index contributed by atoms with van der Waals surface area (Å²) in [5.41, 5.74) is 2.70. The number of thiazole rings is 1. The lowest BCUT2D eigenvalue weighted by Gasteiger charge is -2.10. The van der Waals surface area contributed by atoms with Crippen molar-refractivity contribution in [2.24, 2.45) is 0 Å². The number of aryl methyl sites for hydroxylation is 1. The lowest BCUT2D eigenvalue weighted by Crippen LogP contribution is -2.23. The predicted octanol–water partition coefficient (Wildman–Crippen LogP) is 5.33. The van der Waals surface area contributed by atoms with Crippen LogP contribution in [-0.2, 0) is 12.3 Å². The molecule has 1 N–H and O–H groups in total. The molecule has 2 aromatic carbocycles. The molecule has 0 fully saturated rings. The van der Waals surface area contributed by atoms with Gasteiger partial charge < -0.3 is 5.32 Å². The molecule has 0 saturated heterocycles. The standard InChI is InChI=1S/C19H17ClN2OS2/c1-13-22-16(11-24-13)12-25-18-8-3-2-7-17(18)19(23)21-10-14-5-4-6-15(20)9-14/h2-9,11H,10,12H2,1H3,(H,21,23). The maximum atomic E-state index is 12.6. The van der Waals surface area contributed by atoms with Crippen molar-refractivity contribution in [2.45, 2.75) is 24.1 Å². The monoisotopic (exact) mass is 388 g/mol. The average molecular weight is 389 g/mol. The van der Waals surface area contributed by atoms with Gasteiger partial charge in [-0.2, -0.15) is 0 Å². The Kier molecular flexibility index (Phi) is 6.13. The van der Waals surface area contributed by atoms with Crippen LogP contribution >= 0.6 is 34.7 Å². The van der Waals surface area contributed by atoms with Crippen LogP contribution in [0.1, 0.15) is 26.6 Å². The van der Waals surface area contributed by atoms with Crippen molar-refractivity contribution in [3.05, 3.63) is 80.8 Å². The van der Waals surface area contributed by atoms with Crippen LogP contribution in [0.5, 0.6) is 0 Å². The van der Waals surface area contributed by atoms with Crippen molar-refractivity contribution < 1.29 is 4.79 Å². The van der Waals surface area contributed by atoms with Gasteiger partial charge >= 0.3 is 0 Å². The van der Waals surface area contributed by atoms with E-state index in [4.69, 9.17) is 11.6 Å². The molecule has 0 atom stereocenters. The van der Waals surface area contributed by atoms with E-state index in [1.807, 2.05) is 55.5 Å². The van der Waals surface area contributed by atoms with Crippen molar-refractivity contribution in [1.82, 2.24) is 10.3 Å². The summed E-state index contributed by atoms with van der Waals surface area (Å²) in [7, 11) is 0. The van der Waals surface area contributed by atoms with E-state index < -0.39 is 0 Å². The summed E-state index contributed by atoms with van der Waals surface area (Å²) in [5.74, 6) is 0.667. The van der Waals surface area contributed by atoms with Crippen LogP contribution in [0.15, 0.2) is 58.8 Å². The Labute approximate surface area is 160 Å². The smallest absolute Gasteiger partial charge is 0.252 e. The first kappa shape index (κ1) is 18.0. The number of thioether (sulfide) groups is 1. The highest BCUT2D eigenvalue weighted by Crippen LogP contribution is 2.27. The molecule has 1 amide bonds. The highest BCUT2D eigenvalue weighted by Gasteiger charge is 2.12. The third-order valence-electron chi connectivity index (χ3n) is 3.52. The summed E-state index contributed by atoms with van der Waals surface area (Å²) >= 11 is 9.25. The molecule has 0 saturated carbocycles. The molecule has 3 rings (SSSR count). The number of hydrogen-bond donors (Lipinski definition) is 1. The molecular formula is C19H17ClN2OS2. The maximum Gasteiger partial charge on any atom is 0.252 e. The van der Waals surface area contributed by atoms with Gasteiger partial charge in [0, 0.05) is 27.6 Å². The Hall–Kier alpha value is -1.82. The normalized spacial score (nSPS) is 10.6. The third-order valence-corrected chi connectivity index (χ3v) is 5.68. The second-order valence-electron chi connectivity index (χ2n) is 5.46. The molecule has 0 unspecified atom stereocenters. The van der Waals surface area contributed by atoms with E-state index in [2.05, 4.69) is 15.7 Å². The van der Waals surface area contributed by atoms with Crippen LogP contribution in [0.25, 0.3) is 0 Å². The molecule has 3 aromatic rings. The largest absolute Gasteiger partial charge is 0.348 e. The summed E-state index contributed by atoms with van der Waals surface area (Å²) in [5, 5.41) is 6.75. The van der Waals surface area contributed by atoms with Gasteiger partial charge in [0.25, 0.3) is 5.91 Å². The number of nitrogens with zero attached hydrogens (tertiary/aromatic N) is 1. The van der Waals surface area contributed by atoms with Gasteiger partial charge in [0.15, 0.2) is 0 Å². The van der Waals surface area contributed by atoms with Crippen LogP contribution in [0.3, 0.4) is 0 Å². The summed E-state index contributed by atoms with van der Waals surface area (Å²) in [6.45, 7) is 2.44. The molecule has 3 nitrogen and oxygen atoms in total. The number of halogens is 1. The summed E-state index contributed by atoms with van der Waals surface area (Å²) < 4.78 is 0. The Morgan fingerprint density at radius 2 is 2.08 bits per heavy atom. The molecule has 1 heterocycles. The maximum absolute atomic E-state index is 12.6. The van der Waals surface area contributed by atoms with E-state index >= 15 is 0 Å². The molecule has 6 heteroatoms. The highest BCUT2D eigenvalue weighted by molar-refractivity contribution is 7.98. The predicted molar refractivity (Wildman–Crippen MR) is 105 cm³/mol. The molecule has 0 aliphatic heterocycles. The van der Waals surface area contributed by atoms with E-state index in [1.54, 1.807) is 23.1 Å². The minimum absolute atomic E-state index is 0.0856. The van der Waals surface area contributed by atoms with Crippen molar-refractivity contribution in [1.29, 1.82) is 0 Å². The first-order valence-corrected chi connectivity index (χ1v) is 10.0. The Morgan fingerprint density at radius 1 is 1.24 bits per heavy atom. The van der Waals surface area contributed by atoms with E-state index in [0.717, 1.165) is 26.9 Å². The quantitative estimate of drug-likeness (QED) is 0.580. The Balaban J connectivity index is 1.65. The number of carbonyl (C=O) groups is 1. The van der Waals surface area contributed by atoms with Crippen LogP contribution in [0, 0.1) is 6.92 Å². The Bertz CT molecular complexity index is 879. The van der Waals surface area contributed by atoms with Gasteiger partial charge in [-0.05, 0) is 36.8 Å². The highest BCUT2D eigenvalue weighted by atomic mass is 35.5. The molecular weight excluding hydrogens is 372 g/mol. The topological polar surface area (TPSA) is 42.0 Å². The average Bonchev–Trinajstić information content (AvgIpc) is 3.03. The summed E-state index contributed by atoms with van der Waals surface area (Å²) in [6.07, 6.45) is 0. The lowest BCUT2D eigenvalue weighted by atomic mass is 10.2. The van der Waals surface area contributed by atoms with Gasteiger partial charge in [-0.25, -0.2) is 4.98 Å². The number of nitrogens with one attached hydrogen (secondary N) is 1. The first-order valence-electron chi connectivity index (χ1n) is 7.77. The molecule has 0 radical (unpaired) electrons. The number of carbonyl (C=O) groups excluding carboxylic acids is 1. The SMILES string of the molecule is Cc1nc(CSc2ccccc2C(=O)NCc2cccc(Cl)c2)cs1. The van der Waals surface area contributed by atoms with Gasteiger partial charge in [0.05, 0.1) is 16.3 Å². The van der Waals surface area contributed by atoms with Crippen molar-refractivity contribution >= 4 is 40.6 Å². The molecule has 25 heavy (non-hydrogen) atoms. The minimum Gasteiger partial charge on any atom is -0.348 e. The molecule has 0 aliphatic rings. The van der Waals surface area contributed by atoms with Gasteiger partial charge in [0.2, 0.25) is 0 Å². The van der Waals surface area contributed by atoms with Crippen molar-refractivity contribution in [2.75, 3.05) is 0 Å². The number of benzene rings is 2. The van der Waals surface area contributed by atoms with Gasteiger partial charge in [-0.1, -0.05) is 35.9 Å². The fourth-order valence-corrected chi connectivity index (χ4v) is 4.20. The van der Waals surface area contributed by atoms with E-state index in [-0.39, 0.29) is 5.91 Å². The number of amides is 1. The first-order chi connectivity index (χ1) is 12.1. The number of aromatic nitrogens is 1. The molecule has 0 spiro atoms. The summed E-state index contributed by atoms with van der Waals surface area (Å²) in [6, 6.07) is 15.1. The molecule has 1 aromatic heterocycles. The van der Waals surface area contributed by atoms with Gasteiger partial charge in [-0.3, -0.25) is 4.79 Å². The second kappa shape index (κ2) is 8.52. The van der Waals surface area contributed by atoms with Crippen molar-refractivity contribution in [3.63, 3.8) is 0 Å².